The summed E-state index contributed by atoms with van der Waals surface area (Å²) in [7, 11) is 0. The van der Waals surface area contributed by atoms with Crippen molar-refractivity contribution in [3.8, 4) is 0 Å². The van der Waals surface area contributed by atoms with Crippen molar-refractivity contribution in [2.75, 3.05) is 5.73 Å². The highest BCUT2D eigenvalue weighted by Crippen LogP contribution is 2.20. The van der Waals surface area contributed by atoms with E-state index in [1.54, 1.807) is 6.07 Å². The van der Waals surface area contributed by atoms with Gasteiger partial charge in [-0.05, 0) is 23.8 Å². The molecule has 0 aliphatic heterocycles. The Morgan fingerprint density at radius 1 is 1.17 bits per heavy atom. The molecule has 0 amide bonds. The maximum absolute atomic E-state index is 13.0. The van der Waals surface area contributed by atoms with Crippen LogP contribution >= 0.6 is 0 Å². The molecule has 90 valence electrons. The molecule has 18 heavy (non-hydrogen) atoms. The minimum absolute atomic E-state index is 0.329. The first-order chi connectivity index (χ1) is 8.72. The molecule has 1 aromatic heterocycles. The van der Waals surface area contributed by atoms with E-state index >= 15 is 0 Å². The van der Waals surface area contributed by atoms with Crippen LogP contribution < -0.4 is 5.73 Å². The van der Waals surface area contributed by atoms with Gasteiger partial charge in [0, 0.05) is 11.8 Å². The first kappa shape index (κ1) is 10.8. The van der Waals surface area contributed by atoms with Gasteiger partial charge in [-0.25, -0.2) is 9.37 Å². The number of nitrogen functional groups attached to an aromatic ring is 1. The van der Waals surface area contributed by atoms with E-state index in [0.717, 1.165) is 5.56 Å². The Kier molecular flexibility index (Phi) is 2.48. The number of para-hydroxylation sites is 1. The van der Waals surface area contributed by atoms with Gasteiger partial charge in [-0.2, -0.15) is 0 Å². The highest BCUT2D eigenvalue weighted by atomic mass is 19.1. The average Bonchev–Trinajstić information content (AvgIpc) is 2.73. The van der Waals surface area contributed by atoms with Gasteiger partial charge < -0.3 is 10.2 Å². The van der Waals surface area contributed by atoms with Crippen molar-refractivity contribution in [1.82, 2.24) is 4.98 Å². The molecule has 4 heteroatoms. The summed E-state index contributed by atoms with van der Waals surface area (Å²) >= 11 is 0. The summed E-state index contributed by atoms with van der Waals surface area (Å²) in [6.45, 7) is 0. The van der Waals surface area contributed by atoms with Crippen LogP contribution in [0.15, 0.2) is 46.9 Å². The summed E-state index contributed by atoms with van der Waals surface area (Å²) in [5, 5.41) is 0. The third kappa shape index (κ3) is 1.93. The predicted molar refractivity (Wildman–Crippen MR) is 67.6 cm³/mol. The zero-order valence-corrected chi connectivity index (χ0v) is 9.56. The van der Waals surface area contributed by atoms with Crippen molar-refractivity contribution in [3.63, 3.8) is 0 Å². The zero-order chi connectivity index (χ0) is 12.5. The van der Waals surface area contributed by atoms with Crippen LogP contribution in [-0.4, -0.2) is 4.98 Å². The van der Waals surface area contributed by atoms with Crippen molar-refractivity contribution in [2.45, 2.75) is 6.42 Å². The Hall–Kier alpha value is -2.36. The summed E-state index contributed by atoms with van der Waals surface area (Å²) in [6, 6.07) is 11.8. The van der Waals surface area contributed by atoms with E-state index in [0.29, 0.717) is 29.1 Å². The number of fused-ring (bicyclic) bond motifs is 1. The largest absolute Gasteiger partial charge is 0.440 e. The molecule has 0 atom stereocenters. The highest BCUT2D eigenvalue weighted by molar-refractivity contribution is 5.72. The Morgan fingerprint density at radius 3 is 2.83 bits per heavy atom. The monoisotopic (exact) mass is 242 g/mol. The predicted octanol–water partition coefficient (Wildman–Crippen LogP) is 3.14. The topological polar surface area (TPSA) is 52.0 Å². The van der Waals surface area contributed by atoms with E-state index in [1.807, 2.05) is 24.3 Å². The Morgan fingerprint density at radius 2 is 2.00 bits per heavy atom. The third-order valence-corrected chi connectivity index (χ3v) is 2.79. The van der Waals surface area contributed by atoms with E-state index in [1.165, 1.54) is 12.1 Å². The van der Waals surface area contributed by atoms with Gasteiger partial charge in [-0.3, -0.25) is 0 Å². The van der Waals surface area contributed by atoms with Crippen LogP contribution in [0.5, 0.6) is 0 Å². The maximum atomic E-state index is 13.0. The fourth-order valence-electron chi connectivity index (χ4n) is 1.88. The van der Waals surface area contributed by atoms with Crippen LogP contribution in [0.1, 0.15) is 11.5 Å². The first-order valence-corrected chi connectivity index (χ1v) is 5.61. The molecule has 0 aliphatic rings. The number of nitrogens with two attached hydrogens (primary N) is 1. The molecule has 2 aromatic carbocycles. The second kappa shape index (κ2) is 4.14. The smallest absolute Gasteiger partial charge is 0.199 e. The molecule has 2 N–H and O–H groups in total. The standard InChI is InChI=1S/C14H11FN2O/c15-10-5-6-12-13(8-10)18-14(17-12)7-9-3-1-2-4-11(9)16/h1-6,8H,7,16H2. The maximum Gasteiger partial charge on any atom is 0.199 e. The molecular formula is C14H11FN2O. The summed E-state index contributed by atoms with van der Waals surface area (Å²) in [5.41, 5.74) is 8.62. The molecule has 1 heterocycles. The molecule has 0 unspecified atom stereocenters. The molecule has 0 saturated carbocycles. The van der Waals surface area contributed by atoms with Gasteiger partial charge >= 0.3 is 0 Å². The molecule has 3 nitrogen and oxygen atoms in total. The number of aromatic nitrogens is 1. The van der Waals surface area contributed by atoms with Gasteiger partial charge in [0.25, 0.3) is 0 Å². The van der Waals surface area contributed by atoms with Gasteiger partial charge in [-0.15, -0.1) is 0 Å². The molecule has 3 rings (SSSR count). The first-order valence-electron chi connectivity index (χ1n) is 5.61. The van der Waals surface area contributed by atoms with Gasteiger partial charge in [0.1, 0.15) is 11.3 Å². The van der Waals surface area contributed by atoms with Crippen LogP contribution in [0.4, 0.5) is 10.1 Å². The summed E-state index contributed by atoms with van der Waals surface area (Å²) < 4.78 is 18.5. The minimum Gasteiger partial charge on any atom is -0.440 e. The lowest BCUT2D eigenvalue weighted by molar-refractivity contribution is 0.540. The van der Waals surface area contributed by atoms with Gasteiger partial charge in [0.2, 0.25) is 0 Å². The van der Waals surface area contributed by atoms with Crippen LogP contribution in [0, 0.1) is 5.82 Å². The van der Waals surface area contributed by atoms with Crippen molar-refractivity contribution >= 4 is 16.8 Å². The third-order valence-electron chi connectivity index (χ3n) is 2.79. The fourth-order valence-corrected chi connectivity index (χ4v) is 1.88. The quantitative estimate of drug-likeness (QED) is 0.702. The minimum atomic E-state index is -0.329. The number of halogens is 1. The lowest BCUT2D eigenvalue weighted by Crippen LogP contribution is -1.95. The molecular weight excluding hydrogens is 231 g/mol. The van der Waals surface area contributed by atoms with Crippen molar-refractivity contribution < 1.29 is 8.81 Å². The van der Waals surface area contributed by atoms with Crippen LogP contribution in [0.25, 0.3) is 11.1 Å². The number of rotatable bonds is 2. The summed E-state index contributed by atoms with van der Waals surface area (Å²) in [6.07, 6.45) is 0.503. The highest BCUT2D eigenvalue weighted by Gasteiger charge is 2.08. The number of hydrogen-bond acceptors (Lipinski definition) is 3. The molecule has 0 bridgehead atoms. The molecule has 0 saturated heterocycles. The number of benzene rings is 2. The summed E-state index contributed by atoms with van der Waals surface area (Å²) in [4.78, 5) is 4.30. The Balaban J connectivity index is 1.98. The second-order valence-electron chi connectivity index (χ2n) is 4.10. The molecule has 0 aliphatic carbocycles. The van der Waals surface area contributed by atoms with Crippen LogP contribution in [0.2, 0.25) is 0 Å². The lowest BCUT2D eigenvalue weighted by Gasteiger charge is -2.01. The van der Waals surface area contributed by atoms with Crippen molar-refractivity contribution in [1.29, 1.82) is 0 Å². The lowest BCUT2D eigenvalue weighted by atomic mass is 10.1. The number of oxazole rings is 1. The summed E-state index contributed by atoms with van der Waals surface area (Å²) in [5.74, 6) is 0.206. The molecule has 0 radical (unpaired) electrons. The molecule has 0 fully saturated rings. The van der Waals surface area contributed by atoms with Crippen molar-refractivity contribution in [3.05, 3.63) is 59.7 Å². The van der Waals surface area contributed by atoms with Gasteiger partial charge in [0.15, 0.2) is 11.5 Å². The van der Waals surface area contributed by atoms with Crippen LogP contribution in [-0.2, 0) is 6.42 Å². The van der Waals surface area contributed by atoms with Crippen molar-refractivity contribution in [2.24, 2.45) is 0 Å². The zero-order valence-electron chi connectivity index (χ0n) is 9.56. The van der Waals surface area contributed by atoms with E-state index in [2.05, 4.69) is 4.98 Å². The van der Waals surface area contributed by atoms with E-state index in [9.17, 15) is 4.39 Å². The van der Waals surface area contributed by atoms with Crippen LogP contribution in [0.3, 0.4) is 0 Å². The number of hydrogen-bond donors (Lipinski definition) is 1. The molecule has 0 spiro atoms. The number of anilines is 1. The Labute approximate surface area is 103 Å². The van der Waals surface area contributed by atoms with E-state index < -0.39 is 0 Å². The number of nitrogens with zero attached hydrogens (tertiary/aromatic N) is 1. The van der Waals surface area contributed by atoms with Gasteiger partial charge in [-0.1, -0.05) is 18.2 Å². The Bertz CT molecular complexity index is 706. The SMILES string of the molecule is Nc1ccccc1Cc1nc2ccc(F)cc2o1. The molecule has 3 aromatic rings. The fraction of sp³-hybridized carbons (Fsp3) is 0.0714. The second-order valence-corrected chi connectivity index (χ2v) is 4.10. The normalized spacial score (nSPS) is 10.9. The average molecular weight is 242 g/mol. The van der Waals surface area contributed by atoms with E-state index in [-0.39, 0.29) is 5.82 Å². The van der Waals surface area contributed by atoms with E-state index in [4.69, 9.17) is 10.2 Å². The van der Waals surface area contributed by atoms with Gasteiger partial charge in [0.05, 0.1) is 6.42 Å².